The minimum atomic E-state index is -0.226. The molecule has 1 aliphatic rings. The van der Waals surface area contributed by atoms with E-state index < -0.39 is 0 Å². The second kappa shape index (κ2) is 10.3. The highest BCUT2D eigenvalue weighted by Crippen LogP contribution is 2.52. The number of carbonyl (C=O) groups is 1. The number of methoxy groups -OCH3 is 4. The summed E-state index contributed by atoms with van der Waals surface area (Å²) in [4.78, 5) is 15.7. The summed E-state index contributed by atoms with van der Waals surface area (Å²) in [7, 11) is 6.40. The topological polar surface area (TPSA) is 63.2 Å². The number of ether oxygens (including phenoxy) is 5. The van der Waals surface area contributed by atoms with Crippen molar-refractivity contribution in [1.29, 1.82) is 0 Å². The number of thiophene rings is 1. The molecule has 1 heterocycles. The van der Waals surface area contributed by atoms with E-state index in [1.54, 1.807) is 39.8 Å². The SMILES string of the molecule is CCCc1sc([C@H]2CC[C@H](c3cc(OC)c(OC)c(OC)c3)C2=O)c(OC)c1OCC. The van der Waals surface area contributed by atoms with Crippen molar-refractivity contribution in [3.63, 3.8) is 0 Å². The highest BCUT2D eigenvalue weighted by atomic mass is 32.1. The molecule has 0 radical (unpaired) electrons. The Labute approximate surface area is 188 Å². The fraction of sp³-hybridized carbons (Fsp3) is 0.542. The molecule has 0 amide bonds. The zero-order valence-electron chi connectivity index (χ0n) is 19.2. The molecule has 1 saturated carbocycles. The molecule has 0 saturated heterocycles. The molecular weight excluding hydrogens is 416 g/mol. The number of hydrogen-bond donors (Lipinski definition) is 0. The molecule has 3 rings (SSSR count). The van der Waals surface area contributed by atoms with Crippen LogP contribution in [-0.2, 0) is 11.2 Å². The van der Waals surface area contributed by atoms with Gasteiger partial charge in [0.15, 0.2) is 23.0 Å². The van der Waals surface area contributed by atoms with Gasteiger partial charge in [-0.3, -0.25) is 4.79 Å². The summed E-state index contributed by atoms with van der Waals surface area (Å²) in [6.45, 7) is 4.67. The summed E-state index contributed by atoms with van der Waals surface area (Å²) in [6, 6.07) is 3.76. The summed E-state index contributed by atoms with van der Waals surface area (Å²) in [5.41, 5.74) is 0.885. The Morgan fingerprint density at radius 2 is 1.48 bits per heavy atom. The van der Waals surface area contributed by atoms with Gasteiger partial charge in [0.2, 0.25) is 5.75 Å². The maximum absolute atomic E-state index is 13.6. The molecule has 1 aromatic heterocycles. The van der Waals surface area contributed by atoms with E-state index in [2.05, 4.69) is 6.92 Å². The van der Waals surface area contributed by atoms with E-state index >= 15 is 0 Å². The molecular formula is C24H32O6S. The van der Waals surface area contributed by atoms with E-state index in [1.165, 1.54) is 0 Å². The molecule has 7 heteroatoms. The van der Waals surface area contributed by atoms with Crippen LogP contribution in [0.3, 0.4) is 0 Å². The van der Waals surface area contributed by atoms with Crippen LogP contribution in [-0.4, -0.2) is 40.8 Å². The van der Waals surface area contributed by atoms with Crippen molar-refractivity contribution in [1.82, 2.24) is 0 Å². The van der Waals surface area contributed by atoms with Crippen LogP contribution in [0.1, 0.15) is 60.3 Å². The molecule has 31 heavy (non-hydrogen) atoms. The molecule has 0 aliphatic heterocycles. The number of rotatable bonds is 10. The van der Waals surface area contributed by atoms with E-state index in [0.29, 0.717) is 23.9 Å². The maximum Gasteiger partial charge on any atom is 0.203 e. The monoisotopic (exact) mass is 448 g/mol. The summed E-state index contributed by atoms with van der Waals surface area (Å²) in [5, 5.41) is 0. The van der Waals surface area contributed by atoms with Gasteiger partial charge in [-0.25, -0.2) is 0 Å². The summed E-state index contributed by atoms with van der Waals surface area (Å²) < 4.78 is 28.0. The van der Waals surface area contributed by atoms with Crippen LogP contribution in [0.15, 0.2) is 12.1 Å². The van der Waals surface area contributed by atoms with E-state index in [1.807, 2.05) is 19.1 Å². The van der Waals surface area contributed by atoms with E-state index in [9.17, 15) is 4.79 Å². The van der Waals surface area contributed by atoms with Crippen molar-refractivity contribution in [3.05, 3.63) is 27.5 Å². The standard InChI is InChI=1S/C24H32O6S/c1-7-9-19-22(30-8-2)23(29-6)24(31-19)16-11-10-15(20(16)25)14-12-17(26-3)21(28-5)18(13-14)27-4/h12-13,15-16H,7-11H2,1-6H3/t15-,16+/m1/s1. The van der Waals surface area contributed by atoms with Crippen molar-refractivity contribution in [2.75, 3.05) is 35.0 Å². The molecule has 6 nitrogen and oxygen atoms in total. The molecule has 0 N–H and O–H groups in total. The van der Waals surface area contributed by atoms with Gasteiger partial charge >= 0.3 is 0 Å². The van der Waals surface area contributed by atoms with Crippen LogP contribution in [0.5, 0.6) is 28.7 Å². The Kier molecular flexibility index (Phi) is 7.70. The Balaban J connectivity index is 1.98. The number of aryl methyl sites for hydroxylation is 1. The van der Waals surface area contributed by atoms with E-state index in [4.69, 9.17) is 23.7 Å². The average Bonchev–Trinajstić information content (AvgIpc) is 3.33. The van der Waals surface area contributed by atoms with Gasteiger partial charge in [-0.15, -0.1) is 11.3 Å². The first-order valence-electron chi connectivity index (χ1n) is 10.7. The highest BCUT2D eigenvalue weighted by Gasteiger charge is 2.40. The predicted octanol–water partition coefficient (Wildman–Crippen LogP) is 5.36. The smallest absolute Gasteiger partial charge is 0.203 e. The Bertz CT molecular complexity index is 894. The molecule has 0 unspecified atom stereocenters. The summed E-state index contributed by atoms with van der Waals surface area (Å²) in [5.74, 6) is 2.94. The number of carbonyl (C=O) groups excluding carboxylic acids is 1. The lowest BCUT2D eigenvalue weighted by molar-refractivity contribution is -0.119. The third kappa shape index (κ3) is 4.33. The Morgan fingerprint density at radius 1 is 0.871 bits per heavy atom. The molecule has 1 aromatic carbocycles. The van der Waals surface area contributed by atoms with Gasteiger partial charge in [-0.1, -0.05) is 13.3 Å². The van der Waals surface area contributed by atoms with Crippen LogP contribution in [0.4, 0.5) is 0 Å². The number of benzene rings is 1. The average molecular weight is 449 g/mol. The first-order chi connectivity index (χ1) is 15.0. The van der Waals surface area contributed by atoms with Crippen LogP contribution in [0.25, 0.3) is 0 Å². The lowest BCUT2D eigenvalue weighted by Gasteiger charge is -2.17. The molecule has 1 aliphatic carbocycles. The Morgan fingerprint density at radius 3 is 2.00 bits per heavy atom. The Hall–Kier alpha value is -2.41. The second-order valence-electron chi connectivity index (χ2n) is 7.48. The molecule has 170 valence electrons. The first-order valence-corrected chi connectivity index (χ1v) is 11.5. The third-order valence-electron chi connectivity index (χ3n) is 5.72. The fourth-order valence-electron chi connectivity index (χ4n) is 4.32. The minimum absolute atomic E-state index is 0.194. The number of Topliss-reactive ketones (excluding diaryl/α,β-unsaturated/α-hetero) is 1. The first kappa shape index (κ1) is 23.3. The van der Waals surface area contributed by atoms with Crippen molar-refractivity contribution in [2.24, 2.45) is 0 Å². The van der Waals surface area contributed by atoms with Crippen molar-refractivity contribution < 1.29 is 28.5 Å². The molecule has 2 aromatic rings. The van der Waals surface area contributed by atoms with Gasteiger partial charge in [-0.05, 0) is 43.9 Å². The normalized spacial score (nSPS) is 18.2. The highest BCUT2D eigenvalue weighted by molar-refractivity contribution is 7.13. The molecule has 0 spiro atoms. The predicted molar refractivity (Wildman–Crippen MR) is 122 cm³/mol. The van der Waals surface area contributed by atoms with Crippen LogP contribution in [0, 0.1) is 0 Å². The fourth-order valence-corrected chi connectivity index (χ4v) is 5.78. The van der Waals surface area contributed by atoms with Gasteiger partial charge < -0.3 is 23.7 Å². The number of hydrogen-bond acceptors (Lipinski definition) is 7. The largest absolute Gasteiger partial charge is 0.493 e. The zero-order valence-corrected chi connectivity index (χ0v) is 20.0. The van der Waals surface area contributed by atoms with Gasteiger partial charge in [0, 0.05) is 5.92 Å². The van der Waals surface area contributed by atoms with Gasteiger partial charge in [0.25, 0.3) is 0 Å². The van der Waals surface area contributed by atoms with Crippen molar-refractivity contribution in [2.45, 2.75) is 51.4 Å². The van der Waals surface area contributed by atoms with Gasteiger partial charge in [-0.2, -0.15) is 0 Å². The maximum atomic E-state index is 13.6. The van der Waals surface area contributed by atoms with E-state index in [0.717, 1.165) is 52.5 Å². The van der Waals surface area contributed by atoms with Crippen LogP contribution in [0.2, 0.25) is 0 Å². The van der Waals surface area contributed by atoms with Crippen LogP contribution < -0.4 is 23.7 Å². The van der Waals surface area contributed by atoms with Crippen molar-refractivity contribution >= 4 is 17.1 Å². The third-order valence-corrected chi connectivity index (χ3v) is 7.05. The number of ketones is 1. The lowest BCUT2D eigenvalue weighted by atomic mass is 9.93. The van der Waals surface area contributed by atoms with Crippen LogP contribution >= 0.6 is 11.3 Å². The quantitative estimate of drug-likeness (QED) is 0.487. The van der Waals surface area contributed by atoms with E-state index in [-0.39, 0.29) is 17.6 Å². The summed E-state index contributed by atoms with van der Waals surface area (Å²) in [6.07, 6.45) is 3.45. The molecule has 1 fully saturated rings. The lowest BCUT2D eigenvalue weighted by Crippen LogP contribution is -2.12. The minimum Gasteiger partial charge on any atom is -0.493 e. The van der Waals surface area contributed by atoms with Gasteiger partial charge in [0.05, 0.1) is 50.7 Å². The van der Waals surface area contributed by atoms with Crippen molar-refractivity contribution in [3.8, 4) is 28.7 Å². The second-order valence-corrected chi connectivity index (χ2v) is 8.62. The summed E-state index contributed by atoms with van der Waals surface area (Å²) >= 11 is 1.65. The molecule has 2 atom stereocenters. The molecule has 0 bridgehead atoms. The zero-order chi connectivity index (χ0) is 22.5. The van der Waals surface area contributed by atoms with Gasteiger partial charge in [0.1, 0.15) is 5.78 Å².